The zero-order chi connectivity index (χ0) is 23.6. The minimum absolute atomic E-state index is 0.0548. The van der Waals surface area contributed by atoms with Crippen molar-refractivity contribution in [3.8, 4) is 11.1 Å². The Morgan fingerprint density at radius 3 is 2.33 bits per heavy atom. The third-order valence-corrected chi connectivity index (χ3v) is 6.40. The van der Waals surface area contributed by atoms with Crippen LogP contribution in [0.2, 0.25) is 0 Å². The number of carbonyl (C=O) groups is 1. The number of halogens is 1. The van der Waals surface area contributed by atoms with Gasteiger partial charge >= 0.3 is 6.09 Å². The number of cyclic esters (lactones) is 1. The lowest BCUT2D eigenvalue weighted by Crippen LogP contribution is -2.48. The summed E-state index contributed by atoms with van der Waals surface area (Å²) in [5.74, 6) is -0.328. The van der Waals surface area contributed by atoms with Crippen molar-refractivity contribution >= 4 is 6.09 Å². The van der Waals surface area contributed by atoms with E-state index in [1.807, 2.05) is 31.2 Å². The lowest BCUT2D eigenvalue weighted by atomic mass is 9.85. The molecule has 1 amide bonds. The van der Waals surface area contributed by atoms with Crippen LogP contribution in [0.15, 0.2) is 84.3 Å². The standard InChI is InChI=1S/C27H27FN2O3/c1-4-15-27(23-10-12-24(28)13-11-23)16-17-30(26(32)33-27)19(2)20-5-7-21(8-6-20)22-9-14-25(31)29(3)18-22/h4-14,18-19H,1,15-17H2,2-3H3. The maximum Gasteiger partial charge on any atom is 0.411 e. The number of benzene rings is 2. The number of aromatic nitrogens is 1. The molecule has 0 bridgehead atoms. The summed E-state index contributed by atoms with van der Waals surface area (Å²) in [7, 11) is 1.72. The van der Waals surface area contributed by atoms with Crippen LogP contribution in [0, 0.1) is 5.82 Å². The maximum absolute atomic E-state index is 13.4. The summed E-state index contributed by atoms with van der Waals surface area (Å²) in [4.78, 5) is 26.4. The molecular formula is C27H27FN2O3. The molecular weight excluding hydrogens is 419 g/mol. The van der Waals surface area contributed by atoms with E-state index in [-0.39, 0.29) is 17.4 Å². The molecule has 0 aliphatic carbocycles. The molecule has 170 valence electrons. The summed E-state index contributed by atoms with van der Waals surface area (Å²) in [6.45, 7) is 6.30. The van der Waals surface area contributed by atoms with Gasteiger partial charge in [0.1, 0.15) is 11.4 Å². The lowest BCUT2D eigenvalue weighted by molar-refractivity contribution is -0.0588. The normalized spacial score (nSPS) is 19.1. The summed E-state index contributed by atoms with van der Waals surface area (Å²) in [5, 5.41) is 0. The zero-order valence-electron chi connectivity index (χ0n) is 18.8. The highest BCUT2D eigenvalue weighted by Gasteiger charge is 2.42. The Morgan fingerprint density at radius 2 is 1.73 bits per heavy atom. The van der Waals surface area contributed by atoms with Crippen molar-refractivity contribution in [2.45, 2.75) is 31.4 Å². The van der Waals surface area contributed by atoms with E-state index >= 15 is 0 Å². The van der Waals surface area contributed by atoms with Gasteiger partial charge in [-0.25, -0.2) is 9.18 Å². The first-order valence-electron chi connectivity index (χ1n) is 11.0. The molecule has 2 unspecified atom stereocenters. The number of hydrogen-bond donors (Lipinski definition) is 0. The predicted molar refractivity (Wildman–Crippen MR) is 126 cm³/mol. The van der Waals surface area contributed by atoms with E-state index in [0.29, 0.717) is 19.4 Å². The summed E-state index contributed by atoms with van der Waals surface area (Å²) < 4.78 is 20.9. The molecule has 4 rings (SSSR count). The van der Waals surface area contributed by atoms with Gasteiger partial charge in [0.25, 0.3) is 0 Å². The van der Waals surface area contributed by atoms with E-state index < -0.39 is 11.7 Å². The highest BCUT2D eigenvalue weighted by atomic mass is 19.1. The van der Waals surface area contributed by atoms with Crippen LogP contribution < -0.4 is 5.56 Å². The van der Waals surface area contributed by atoms with Gasteiger partial charge in [-0.3, -0.25) is 4.79 Å². The second-order valence-electron chi connectivity index (χ2n) is 8.47. The van der Waals surface area contributed by atoms with Crippen LogP contribution in [0.5, 0.6) is 0 Å². The zero-order valence-corrected chi connectivity index (χ0v) is 18.8. The van der Waals surface area contributed by atoms with Gasteiger partial charge in [0, 0.05) is 38.7 Å². The number of aryl methyl sites for hydroxylation is 1. The first-order chi connectivity index (χ1) is 15.8. The van der Waals surface area contributed by atoms with Gasteiger partial charge in [0.2, 0.25) is 5.56 Å². The Bertz CT molecular complexity index is 1220. The quantitative estimate of drug-likeness (QED) is 0.466. The second kappa shape index (κ2) is 9.06. The Hall–Kier alpha value is -3.67. The minimum Gasteiger partial charge on any atom is -0.437 e. The number of ether oxygens (including phenoxy) is 1. The van der Waals surface area contributed by atoms with Gasteiger partial charge in [-0.1, -0.05) is 42.5 Å². The summed E-state index contributed by atoms with van der Waals surface area (Å²) in [6, 6.07) is 17.2. The highest BCUT2D eigenvalue weighted by Crippen LogP contribution is 2.40. The van der Waals surface area contributed by atoms with Crippen LogP contribution in [0.4, 0.5) is 9.18 Å². The maximum atomic E-state index is 13.4. The van der Waals surface area contributed by atoms with Crippen LogP contribution in [0.1, 0.15) is 36.9 Å². The molecule has 1 aromatic heterocycles. The molecule has 5 nitrogen and oxygen atoms in total. The topological polar surface area (TPSA) is 51.5 Å². The number of nitrogens with zero attached hydrogens (tertiary/aromatic N) is 2. The summed E-state index contributed by atoms with van der Waals surface area (Å²) in [6.07, 6.45) is 4.17. The Morgan fingerprint density at radius 1 is 1.06 bits per heavy atom. The third-order valence-electron chi connectivity index (χ3n) is 6.40. The van der Waals surface area contributed by atoms with Gasteiger partial charge < -0.3 is 14.2 Å². The van der Waals surface area contributed by atoms with Crippen molar-refractivity contribution in [1.82, 2.24) is 9.47 Å². The van der Waals surface area contributed by atoms with Gasteiger partial charge in [-0.05, 0) is 47.4 Å². The van der Waals surface area contributed by atoms with Gasteiger partial charge in [0.05, 0.1) is 6.04 Å². The molecule has 33 heavy (non-hydrogen) atoms. The largest absolute Gasteiger partial charge is 0.437 e. The van der Waals surface area contributed by atoms with Crippen molar-refractivity contribution in [2.75, 3.05) is 6.54 Å². The van der Waals surface area contributed by atoms with Crippen molar-refractivity contribution in [3.05, 3.63) is 107 Å². The fraction of sp³-hybridized carbons (Fsp3) is 0.259. The Labute approximate surface area is 192 Å². The highest BCUT2D eigenvalue weighted by molar-refractivity contribution is 5.70. The second-order valence-corrected chi connectivity index (χ2v) is 8.47. The van der Waals surface area contributed by atoms with E-state index in [4.69, 9.17) is 4.74 Å². The Kier molecular flexibility index (Phi) is 6.18. The average molecular weight is 447 g/mol. The number of rotatable bonds is 6. The van der Waals surface area contributed by atoms with Crippen LogP contribution in [0.25, 0.3) is 11.1 Å². The van der Waals surface area contributed by atoms with E-state index in [1.54, 1.807) is 53.1 Å². The minimum atomic E-state index is -0.837. The van der Waals surface area contributed by atoms with E-state index in [9.17, 15) is 14.0 Å². The van der Waals surface area contributed by atoms with Crippen molar-refractivity contribution in [2.24, 2.45) is 7.05 Å². The molecule has 2 aromatic carbocycles. The molecule has 6 heteroatoms. The molecule has 1 aliphatic heterocycles. The molecule has 0 saturated carbocycles. The number of pyridine rings is 1. The molecule has 2 heterocycles. The average Bonchev–Trinajstić information content (AvgIpc) is 2.81. The molecule has 1 aliphatic rings. The van der Waals surface area contributed by atoms with Gasteiger partial charge in [-0.15, -0.1) is 6.58 Å². The number of carbonyl (C=O) groups excluding carboxylic acids is 1. The molecule has 1 saturated heterocycles. The number of hydrogen-bond acceptors (Lipinski definition) is 3. The van der Waals surface area contributed by atoms with E-state index in [2.05, 4.69) is 6.58 Å². The predicted octanol–water partition coefficient (Wildman–Crippen LogP) is 5.57. The smallest absolute Gasteiger partial charge is 0.411 e. The first-order valence-corrected chi connectivity index (χ1v) is 11.0. The first kappa shape index (κ1) is 22.5. The van der Waals surface area contributed by atoms with Crippen molar-refractivity contribution in [3.63, 3.8) is 0 Å². The van der Waals surface area contributed by atoms with Crippen molar-refractivity contribution in [1.29, 1.82) is 0 Å². The fourth-order valence-electron chi connectivity index (χ4n) is 4.37. The molecule has 0 radical (unpaired) electrons. The molecule has 3 aromatic rings. The molecule has 0 spiro atoms. The summed E-state index contributed by atoms with van der Waals surface area (Å²) in [5.41, 5.74) is 2.80. The summed E-state index contributed by atoms with van der Waals surface area (Å²) >= 11 is 0. The van der Waals surface area contributed by atoms with Crippen molar-refractivity contribution < 1.29 is 13.9 Å². The monoisotopic (exact) mass is 446 g/mol. The van der Waals surface area contributed by atoms with Gasteiger partial charge in [-0.2, -0.15) is 0 Å². The Balaban J connectivity index is 1.52. The number of amides is 1. The van der Waals surface area contributed by atoms with Crippen LogP contribution in [-0.4, -0.2) is 22.1 Å². The van der Waals surface area contributed by atoms with Crippen LogP contribution >= 0.6 is 0 Å². The fourth-order valence-corrected chi connectivity index (χ4v) is 4.37. The van der Waals surface area contributed by atoms with E-state index in [1.165, 1.54) is 12.1 Å². The van der Waals surface area contributed by atoms with Crippen LogP contribution in [0.3, 0.4) is 0 Å². The van der Waals surface area contributed by atoms with Crippen LogP contribution in [-0.2, 0) is 17.4 Å². The molecule has 0 N–H and O–H groups in total. The SMILES string of the molecule is C=CCC1(c2ccc(F)cc2)CCN(C(C)c2ccc(-c3ccc(=O)n(C)c3)cc2)C(=O)O1. The third kappa shape index (κ3) is 4.46. The lowest BCUT2D eigenvalue weighted by Gasteiger charge is -2.43. The van der Waals surface area contributed by atoms with E-state index in [0.717, 1.165) is 22.3 Å². The molecule has 2 atom stereocenters. The molecule has 1 fully saturated rings. The van der Waals surface area contributed by atoms with Gasteiger partial charge in [0.15, 0.2) is 0 Å².